The van der Waals surface area contributed by atoms with Crippen molar-refractivity contribution in [3.8, 4) is 0 Å². The van der Waals surface area contributed by atoms with Gasteiger partial charge in [-0.1, -0.05) is 0 Å². The van der Waals surface area contributed by atoms with Crippen LogP contribution >= 0.6 is 23.0 Å². The predicted octanol–water partition coefficient (Wildman–Crippen LogP) is 0.0767. The molecule has 1 heterocycles. The molecule has 0 unspecified atom stereocenters. The Morgan fingerprint density at radius 1 is 1.78 bits per heavy atom. The van der Waals surface area contributed by atoms with Gasteiger partial charge in [0.2, 0.25) is 0 Å². The number of hydrogen-bond donors (Lipinski definition) is 0. The predicted molar refractivity (Wildman–Crippen MR) is 37.6 cm³/mol. The summed E-state index contributed by atoms with van der Waals surface area (Å²) in [5.74, 6) is 0.726. The van der Waals surface area contributed by atoms with E-state index < -0.39 is 0 Å². The van der Waals surface area contributed by atoms with E-state index in [4.69, 9.17) is 3.07 Å². The highest BCUT2D eigenvalue weighted by Gasteiger charge is 1.98. The highest BCUT2D eigenvalue weighted by Crippen LogP contribution is 1.95. The number of hydrogen-bond acceptors (Lipinski definition) is 4. The zero-order valence-electron chi connectivity index (χ0n) is 4.78. The monoisotopic (exact) mass is 240 g/mol. The van der Waals surface area contributed by atoms with Gasteiger partial charge in [0.1, 0.15) is 29.6 Å². The molecule has 0 atom stereocenters. The summed E-state index contributed by atoms with van der Waals surface area (Å²) < 4.78 is 6.34. The zero-order valence-corrected chi connectivity index (χ0v) is 6.94. The second kappa shape index (κ2) is 3.06. The maximum absolute atomic E-state index is 4.77. The lowest BCUT2D eigenvalue weighted by Crippen LogP contribution is -1.98. The largest absolute Gasteiger partial charge is 0.308 e. The van der Waals surface area contributed by atoms with E-state index in [1.807, 2.05) is 0 Å². The van der Waals surface area contributed by atoms with Gasteiger partial charge in [-0.25, -0.2) is 4.68 Å². The molecule has 1 aromatic heterocycles. The van der Waals surface area contributed by atoms with Crippen molar-refractivity contribution in [2.75, 3.05) is 0 Å². The summed E-state index contributed by atoms with van der Waals surface area (Å²) in [5.41, 5.74) is 0. The van der Waals surface area contributed by atoms with Gasteiger partial charge >= 0.3 is 0 Å². The van der Waals surface area contributed by atoms with E-state index in [1.165, 1.54) is 0 Å². The van der Waals surface area contributed by atoms with E-state index in [9.17, 15) is 0 Å². The van der Waals surface area contributed by atoms with Gasteiger partial charge in [0.05, 0.1) is 0 Å². The fourth-order valence-electron chi connectivity index (χ4n) is 0.419. The molecule has 0 N–H and O–H groups in total. The zero-order chi connectivity index (χ0) is 6.69. The van der Waals surface area contributed by atoms with Crippen LogP contribution in [0.15, 0.2) is 0 Å². The number of halogens is 1. The molecular weight excluding hydrogens is 235 g/mol. The minimum atomic E-state index is 0.448. The summed E-state index contributed by atoms with van der Waals surface area (Å²) in [6.07, 6.45) is 0. The average Bonchev–Trinajstić information content (AvgIpc) is 2.18. The minimum Gasteiger partial charge on any atom is -0.308 e. The average molecular weight is 240 g/mol. The third-order valence-corrected chi connectivity index (χ3v) is 1.20. The summed E-state index contributed by atoms with van der Waals surface area (Å²) in [7, 11) is 1.77. The van der Waals surface area contributed by atoms with Crippen LogP contribution in [-0.2, 0) is 16.7 Å². The first-order valence-electron chi connectivity index (χ1n) is 2.29. The molecule has 0 radical (unpaired) electrons. The minimum absolute atomic E-state index is 0.448. The summed E-state index contributed by atoms with van der Waals surface area (Å²) in [4.78, 5) is 0. The van der Waals surface area contributed by atoms with E-state index in [0.717, 1.165) is 5.82 Å². The number of tetrazole rings is 1. The van der Waals surface area contributed by atoms with Crippen LogP contribution in [0.25, 0.3) is 0 Å². The molecule has 50 valence electrons. The Kier molecular flexibility index (Phi) is 2.34. The third-order valence-electron chi connectivity index (χ3n) is 0.892. The Morgan fingerprint density at radius 2 is 2.56 bits per heavy atom. The lowest BCUT2D eigenvalue weighted by Gasteiger charge is -1.91. The van der Waals surface area contributed by atoms with E-state index >= 15 is 0 Å². The summed E-state index contributed by atoms with van der Waals surface area (Å²) in [5, 5.41) is 10.7. The van der Waals surface area contributed by atoms with Gasteiger partial charge in [0.25, 0.3) is 0 Å². The Balaban J connectivity index is 2.69. The van der Waals surface area contributed by atoms with Gasteiger partial charge in [0, 0.05) is 7.05 Å². The molecular formula is C3H5IN4O. The Labute approximate surface area is 66.1 Å². The van der Waals surface area contributed by atoms with Gasteiger partial charge < -0.3 is 3.07 Å². The molecule has 0 aliphatic rings. The number of aromatic nitrogens is 4. The molecule has 6 heteroatoms. The Morgan fingerprint density at radius 3 is 3.00 bits per heavy atom. The smallest absolute Gasteiger partial charge is 0.177 e. The standard InChI is InChI=1S/C3H5IN4O/c1-8-3(2-9-4)5-6-7-8/h2H2,1H3. The van der Waals surface area contributed by atoms with Crippen LogP contribution in [-0.4, -0.2) is 20.2 Å². The quantitative estimate of drug-likeness (QED) is 0.686. The molecule has 1 rings (SSSR count). The van der Waals surface area contributed by atoms with Crippen LogP contribution in [0.1, 0.15) is 5.82 Å². The van der Waals surface area contributed by atoms with E-state index in [2.05, 4.69) is 15.5 Å². The number of aryl methyl sites for hydroxylation is 1. The molecule has 1 aromatic rings. The van der Waals surface area contributed by atoms with Crippen molar-refractivity contribution in [3.63, 3.8) is 0 Å². The molecule has 5 nitrogen and oxygen atoms in total. The first-order valence-corrected chi connectivity index (χ1v) is 3.17. The van der Waals surface area contributed by atoms with Crippen molar-refractivity contribution >= 4 is 23.0 Å². The fourth-order valence-corrected chi connectivity index (χ4v) is 0.698. The second-order valence-electron chi connectivity index (χ2n) is 1.47. The van der Waals surface area contributed by atoms with Crippen LogP contribution in [0.5, 0.6) is 0 Å². The molecule has 0 amide bonds. The molecule has 9 heavy (non-hydrogen) atoms. The molecule has 0 aliphatic heterocycles. The lowest BCUT2D eigenvalue weighted by molar-refractivity contribution is 0.391. The molecule has 0 saturated heterocycles. The van der Waals surface area contributed by atoms with Gasteiger partial charge in [0.15, 0.2) is 5.82 Å². The van der Waals surface area contributed by atoms with Gasteiger partial charge in [-0.05, 0) is 10.4 Å². The molecule has 0 fully saturated rings. The van der Waals surface area contributed by atoms with Crippen LogP contribution < -0.4 is 0 Å². The first-order chi connectivity index (χ1) is 4.34. The van der Waals surface area contributed by atoms with Crippen molar-refractivity contribution in [2.45, 2.75) is 6.61 Å². The Hall–Kier alpha value is -0.240. The maximum Gasteiger partial charge on any atom is 0.177 e. The van der Waals surface area contributed by atoms with Crippen molar-refractivity contribution in [1.82, 2.24) is 20.2 Å². The Bertz CT molecular complexity index is 188. The van der Waals surface area contributed by atoms with Crippen molar-refractivity contribution in [1.29, 1.82) is 0 Å². The van der Waals surface area contributed by atoms with E-state index in [-0.39, 0.29) is 0 Å². The maximum atomic E-state index is 4.77. The van der Waals surface area contributed by atoms with Gasteiger partial charge in [-0.15, -0.1) is 5.10 Å². The fraction of sp³-hybridized carbons (Fsp3) is 0.667. The van der Waals surface area contributed by atoms with Crippen LogP contribution in [0.4, 0.5) is 0 Å². The highest BCUT2D eigenvalue weighted by atomic mass is 127. The third kappa shape index (κ3) is 1.58. The number of nitrogens with zero attached hydrogens (tertiary/aromatic N) is 4. The molecule has 0 aromatic carbocycles. The van der Waals surface area contributed by atoms with Crippen LogP contribution in [0.3, 0.4) is 0 Å². The summed E-state index contributed by atoms with van der Waals surface area (Å²) in [6.45, 7) is 0.448. The summed E-state index contributed by atoms with van der Waals surface area (Å²) >= 11 is 1.80. The molecule has 0 bridgehead atoms. The van der Waals surface area contributed by atoms with Gasteiger partial charge in [-0.3, -0.25) is 0 Å². The SMILES string of the molecule is Cn1nnnc1COI. The van der Waals surface area contributed by atoms with Crippen molar-refractivity contribution < 1.29 is 3.07 Å². The van der Waals surface area contributed by atoms with Crippen LogP contribution in [0, 0.1) is 0 Å². The lowest BCUT2D eigenvalue weighted by atomic mass is 10.7. The van der Waals surface area contributed by atoms with E-state index in [0.29, 0.717) is 6.61 Å². The van der Waals surface area contributed by atoms with Crippen molar-refractivity contribution in [2.24, 2.45) is 7.05 Å². The molecule has 0 spiro atoms. The molecule has 0 saturated carbocycles. The van der Waals surface area contributed by atoms with E-state index in [1.54, 1.807) is 34.7 Å². The highest BCUT2D eigenvalue weighted by molar-refractivity contribution is 14.1. The number of rotatable bonds is 2. The normalized spacial score (nSPS) is 10.0. The second-order valence-corrected chi connectivity index (χ2v) is 2.09. The first kappa shape index (κ1) is 6.87. The van der Waals surface area contributed by atoms with Gasteiger partial charge in [-0.2, -0.15) is 0 Å². The van der Waals surface area contributed by atoms with Crippen molar-refractivity contribution in [3.05, 3.63) is 5.82 Å². The summed E-state index contributed by atoms with van der Waals surface area (Å²) in [6, 6.07) is 0. The topological polar surface area (TPSA) is 52.8 Å². The van der Waals surface area contributed by atoms with Crippen LogP contribution in [0.2, 0.25) is 0 Å². The molecule has 0 aliphatic carbocycles.